The molecule has 0 aliphatic rings. The van der Waals surface area contributed by atoms with E-state index in [4.69, 9.17) is 0 Å². The molecule has 1 nitrogen and oxygen atoms in total. The van der Waals surface area contributed by atoms with Crippen molar-refractivity contribution in [3.8, 4) is 0 Å². The first-order valence-corrected chi connectivity index (χ1v) is 8.00. The van der Waals surface area contributed by atoms with E-state index in [1.807, 2.05) is 11.3 Å². The molecule has 0 radical (unpaired) electrons. The quantitative estimate of drug-likeness (QED) is 0.784. The number of rotatable bonds is 6. The fourth-order valence-electron chi connectivity index (χ4n) is 2.30. The Balaban J connectivity index is 2.23. The van der Waals surface area contributed by atoms with Gasteiger partial charge in [-0.3, -0.25) is 0 Å². The maximum Gasteiger partial charge on any atom is 0.0670 e. The summed E-state index contributed by atoms with van der Waals surface area (Å²) in [6.45, 7) is 7.67. The first kappa shape index (κ1) is 14.3. The lowest BCUT2D eigenvalue weighted by Gasteiger charge is -2.18. The zero-order valence-corrected chi connectivity index (χ0v) is 12.8. The van der Waals surface area contributed by atoms with Gasteiger partial charge in [-0.05, 0) is 41.5 Å². The minimum atomic E-state index is 0.330. The van der Waals surface area contributed by atoms with Crippen molar-refractivity contribution in [3.05, 3.63) is 57.8 Å². The Morgan fingerprint density at radius 1 is 1.05 bits per heavy atom. The van der Waals surface area contributed by atoms with Gasteiger partial charge in [-0.25, -0.2) is 0 Å². The van der Waals surface area contributed by atoms with Crippen LogP contribution in [0.5, 0.6) is 0 Å². The molecule has 2 aromatic rings. The molecule has 0 spiro atoms. The number of nitrogens with one attached hydrogen (secondary N) is 1. The minimum absolute atomic E-state index is 0.330. The van der Waals surface area contributed by atoms with Crippen LogP contribution in [0.2, 0.25) is 0 Å². The maximum absolute atomic E-state index is 3.57. The van der Waals surface area contributed by atoms with Crippen molar-refractivity contribution < 1.29 is 0 Å². The first-order chi connectivity index (χ1) is 9.26. The van der Waals surface area contributed by atoms with Gasteiger partial charge in [0.1, 0.15) is 0 Å². The standard InChI is InChI=1S/C17H23NS/c1-4-13(3)14-8-10-15(11-9-14)17(18-5-2)16-7-6-12-19-16/h6-13,17-18H,4-5H2,1-3H3. The molecule has 0 saturated heterocycles. The second-order valence-electron chi connectivity index (χ2n) is 4.98. The highest BCUT2D eigenvalue weighted by Gasteiger charge is 2.14. The molecule has 0 bridgehead atoms. The van der Waals surface area contributed by atoms with Gasteiger partial charge in [0.25, 0.3) is 0 Å². The van der Waals surface area contributed by atoms with Crippen LogP contribution < -0.4 is 5.32 Å². The molecule has 0 fully saturated rings. The van der Waals surface area contributed by atoms with Crippen molar-refractivity contribution in [3.63, 3.8) is 0 Å². The fraction of sp³-hybridized carbons (Fsp3) is 0.412. The molecule has 2 atom stereocenters. The Kier molecular flexibility index (Phi) is 5.17. The molecule has 2 unspecified atom stereocenters. The van der Waals surface area contributed by atoms with Crippen LogP contribution in [0.3, 0.4) is 0 Å². The van der Waals surface area contributed by atoms with Gasteiger partial charge < -0.3 is 5.32 Å². The van der Waals surface area contributed by atoms with Crippen molar-refractivity contribution in [2.24, 2.45) is 0 Å². The Labute approximate surface area is 120 Å². The summed E-state index contributed by atoms with van der Waals surface area (Å²) in [6.07, 6.45) is 1.20. The summed E-state index contributed by atoms with van der Waals surface area (Å²) >= 11 is 1.82. The van der Waals surface area contributed by atoms with Crippen LogP contribution in [0.1, 0.15) is 55.2 Å². The van der Waals surface area contributed by atoms with Crippen LogP contribution in [0, 0.1) is 0 Å². The normalized spacial score (nSPS) is 14.3. The van der Waals surface area contributed by atoms with Crippen LogP contribution in [0.15, 0.2) is 41.8 Å². The largest absolute Gasteiger partial charge is 0.306 e. The van der Waals surface area contributed by atoms with Gasteiger partial charge in [-0.1, -0.05) is 51.1 Å². The van der Waals surface area contributed by atoms with E-state index < -0.39 is 0 Å². The van der Waals surface area contributed by atoms with Gasteiger partial charge in [0, 0.05) is 4.88 Å². The van der Waals surface area contributed by atoms with E-state index in [1.54, 1.807) is 0 Å². The highest BCUT2D eigenvalue weighted by Crippen LogP contribution is 2.27. The SMILES string of the molecule is CCNC(c1ccc(C(C)CC)cc1)c1cccs1. The zero-order valence-electron chi connectivity index (χ0n) is 12.0. The lowest BCUT2D eigenvalue weighted by Crippen LogP contribution is -2.21. The predicted octanol–water partition coefficient (Wildman–Crippen LogP) is 4.96. The maximum atomic E-state index is 3.57. The number of benzene rings is 1. The van der Waals surface area contributed by atoms with Gasteiger partial charge >= 0.3 is 0 Å². The monoisotopic (exact) mass is 273 g/mol. The van der Waals surface area contributed by atoms with Crippen molar-refractivity contribution in [2.75, 3.05) is 6.54 Å². The highest BCUT2D eigenvalue weighted by molar-refractivity contribution is 7.10. The third-order valence-electron chi connectivity index (χ3n) is 3.69. The minimum Gasteiger partial charge on any atom is -0.306 e. The summed E-state index contributed by atoms with van der Waals surface area (Å²) in [5, 5.41) is 5.72. The summed E-state index contributed by atoms with van der Waals surface area (Å²) in [5.74, 6) is 0.647. The van der Waals surface area contributed by atoms with Gasteiger partial charge in [0.15, 0.2) is 0 Å². The van der Waals surface area contributed by atoms with Crippen molar-refractivity contribution in [2.45, 2.75) is 39.2 Å². The summed E-state index contributed by atoms with van der Waals surface area (Å²) < 4.78 is 0. The van der Waals surface area contributed by atoms with Crippen LogP contribution in [-0.4, -0.2) is 6.54 Å². The number of thiophene rings is 1. The van der Waals surface area contributed by atoms with Gasteiger partial charge in [-0.2, -0.15) is 0 Å². The van der Waals surface area contributed by atoms with E-state index in [0.717, 1.165) is 6.54 Å². The van der Waals surface area contributed by atoms with E-state index in [2.05, 4.69) is 67.9 Å². The second kappa shape index (κ2) is 6.88. The van der Waals surface area contributed by atoms with Crippen molar-refractivity contribution >= 4 is 11.3 Å². The number of hydrogen-bond donors (Lipinski definition) is 1. The predicted molar refractivity (Wildman–Crippen MR) is 85.0 cm³/mol. The van der Waals surface area contributed by atoms with Crippen LogP contribution >= 0.6 is 11.3 Å². The Hall–Kier alpha value is -1.12. The first-order valence-electron chi connectivity index (χ1n) is 7.12. The summed E-state index contributed by atoms with van der Waals surface area (Å²) in [7, 11) is 0. The lowest BCUT2D eigenvalue weighted by atomic mass is 9.95. The van der Waals surface area contributed by atoms with E-state index in [0.29, 0.717) is 12.0 Å². The molecule has 19 heavy (non-hydrogen) atoms. The van der Waals surface area contributed by atoms with Gasteiger partial charge in [0.2, 0.25) is 0 Å². The van der Waals surface area contributed by atoms with E-state index in [-0.39, 0.29) is 0 Å². The second-order valence-corrected chi connectivity index (χ2v) is 5.96. The molecule has 1 heterocycles. The zero-order chi connectivity index (χ0) is 13.7. The molecule has 102 valence electrons. The van der Waals surface area contributed by atoms with Crippen LogP contribution in [-0.2, 0) is 0 Å². The average molecular weight is 273 g/mol. The van der Waals surface area contributed by atoms with Crippen molar-refractivity contribution in [1.29, 1.82) is 0 Å². The molecule has 0 saturated carbocycles. The Morgan fingerprint density at radius 3 is 2.26 bits per heavy atom. The van der Waals surface area contributed by atoms with E-state index in [9.17, 15) is 0 Å². The van der Waals surface area contributed by atoms with Crippen molar-refractivity contribution in [1.82, 2.24) is 5.32 Å². The smallest absolute Gasteiger partial charge is 0.0670 e. The molecule has 0 amide bonds. The molecule has 1 N–H and O–H groups in total. The van der Waals surface area contributed by atoms with Gasteiger partial charge in [-0.15, -0.1) is 11.3 Å². The highest BCUT2D eigenvalue weighted by atomic mass is 32.1. The van der Waals surface area contributed by atoms with Gasteiger partial charge in [0.05, 0.1) is 6.04 Å². The average Bonchev–Trinajstić information content (AvgIpc) is 2.98. The molecule has 1 aromatic carbocycles. The van der Waals surface area contributed by atoms with E-state index >= 15 is 0 Å². The molecular formula is C17H23NS. The molecule has 2 heteroatoms. The number of hydrogen-bond acceptors (Lipinski definition) is 2. The molecule has 0 aliphatic carbocycles. The molecular weight excluding hydrogens is 250 g/mol. The molecule has 1 aromatic heterocycles. The summed E-state index contributed by atoms with van der Waals surface area (Å²) in [4.78, 5) is 1.39. The fourth-order valence-corrected chi connectivity index (χ4v) is 3.12. The molecule has 2 rings (SSSR count). The Bertz CT molecular complexity index is 472. The Morgan fingerprint density at radius 2 is 1.74 bits per heavy atom. The summed E-state index contributed by atoms with van der Waals surface area (Å²) in [6, 6.07) is 13.8. The molecule has 0 aliphatic heterocycles. The summed E-state index contributed by atoms with van der Waals surface area (Å²) in [5.41, 5.74) is 2.80. The lowest BCUT2D eigenvalue weighted by molar-refractivity contribution is 0.638. The third kappa shape index (κ3) is 3.46. The van der Waals surface area contributed by atoms with Crippen LogP contribution in [0.25, 0.3) is 0 Å². The van der Waals surface area contributed by atoms with E-state index in [1.165, 1.54) is 22.4 Å². The third-order valence-corrected chi connectivity index (χ3v) is 4.62. The topological polar surface area (TPSA) is 12.0 Å². The van der Waals surface area contributed by atoms with Crippen LogP contribution in [0.4, 0.5) is 0 Å².